The van der Waals surface area contributed by atoms with Crippen LogP contribution >= 0.6 is 0 Å². The van der Waals surface area contributed by atoms with Gasteiger partial charge in [-0.1, -0.05) is 24.0 Å². The molecule has 3 heteroatoms. The maximum absolute atomic E-state index is 9.02. The number of aliphatic hydroxyl groups excluding tert-OH is 1. The van der Waals surface area contributed by atoms with Crippen LogP contribution in [0.3, 0.4) is 0 Å². The van der Waals surface area contributed by atoms with E-state index >= 15 is 0 Å². The molecule has 114 valence electrons. The third-order valence-electron chi connectivity index (χ3n) is 3.13. The van der Waals surface area contributed by atoms with E-state index in [2.05, 4.69) is 11.8 Å². The minimum absolute atomic E-state index is 0.0465. The van der Waals surface area contributed by atoms with Crippen LogP contribution in [0.25, 0.3) is 0 Å². The second-order valence-corrected chi connectivity index (χ2v) is 5.30. The van der Waals surface area contributed by atoms with Gasteiger partial charge in [-0.2, -0.15) is 0 Å². The molecule has 0 aliphatic rings. The van der Waals surface area contributed by atoms with Gasteiger partial charge in [0, 0.05) is 23.2 Å². The van der Waals surface area contributed by atoms with E-state index in [0.717, 1.165) is 28.0 Å². The molecule has 22 heavy (non-hydrogen) atoms. The lowest BCUT2D eigenvalue weighted by molar-refractivity contribution is 0.240. The van der Waals surface area contributed by atoms with Crippen LogP contribution in [0.15, 0.2) is 42.5 Å². The zero-order chi connectivity index (χ0) is 15.9. The quantitative estimate of drug-likeness (QED) is 0.853. The number of ether oxygens (including phenoxy) is 1. The zero-order valence-corrected chi connectivity index (χ0v) is 13.0. The molecule has 3 nitrogen and oxygen atoms in total. The Bertz CT molecular complexity index is 679. The van der Waals surface area contributed by atoms with Gasteiger partial charge in [-0.05, 0) is 49.7 Å². The third-order valence-corrected chi connectivity index (χ3v) is 3.13. The fourth-order valence-electron chi connectivity index (χ4n) is 2.02. The summed E-state index contributed by atoms with van der Waals surface area (Å²) >= 11 is 0. The Morgan fingerprint density at radius 2 is 1.68 bits per heavy atom. The summed E-state index contributed by atoms with van der Waals surface area (Å²) in [4.78, 5) is 0. The van der Waals surface area contributed by atoms with Gasteiger partial charge in [0.2, 0.25) is 0 Å². The van der Waals surface area contributed by atoms with Gasteiger partial charge in [0.05, 0.1) is 12.7 Å². The molecule has 0 heterocycles. The molecule has 0 atom stereocenters. The number of hydrogen-bond donors (Lipinski definition) is 2. The van der Waals surface area contributed by atoms with Gasteiger partial charge >= 0.3 is 0 Å². The number of nitrogens with two attached hydrogens (primary N) is 1. The molecule has 0 unspecified atom stereocenters. The molecule has 0 saturated carbocycles. The van der Waals surface area contributed by atoms with Crippen molar-refractivity contribution in [3.63, 3.8) is 0 Å². The molecule has 2 aromatic rings. The molecular formula is C19H21NO2. The maximum atomic E-state index is 9.02. The smallest absolute Gasteiger partial charge is 0.124 e. The molecule has 0 aromatic heterocycles. The van der Waals surface area contributed by atoms with Crippen molar-refractivity contribution in [3.05, 3.63) is 64.7 Å². The Morgan fingerprint density at radius 3 is 2.27 bits per heavy atom. The van der Waals surface area contributed by atoms with Crippen LogP contribution in [0.1, 0.15) is 36.1 Å². The summed E-state index contributed by atoms with van der Waals surface area (Å²) in [6.07, 6.45) is 0.118. The number of aliphatic hydroxyl groups is 1. The van der Waals surface area contributed by atoms with Gasteiger partial charge < -0.3 is 15.6 Å². The van der Waals surface area contributed by atoms with Gasteiger partial charge in [0.25, 0.3) is 0 Å². The monoisotopic (exact) mass is 295 g/mol. The minimum atomic E-state index is 0.0465. The highest BCUT2D eigenvalue weighted by Crippen LogP contribution is 2.20. The van der Waals surface area contributed by atoms with Crippen molar-refractivity contribution in [2.75, 3.05) is 0 Å². The van der Waals surface area contributed by atoms with E-state index in [9.17, 15) is 0 Å². The summed E-state index contributed by atoms with van der Waals surface area (Å²) in [7, 11) is 0. The molecule has 2 rings (SSSR count). The second-order valence-electron chi connectivity index (χ2n) is 5.30. The van der Waals surface area contributed by atoms with Gasteiger partial charge in [-0.15, -0.1) is 0 Å². The zero-order valence-electron chi connectivity index (χ0n) is 13.0. The first-order chi connectivity index (χ1) is 10.6. The van der Waals surface area contributed by atoms with Crippen molar-refractivity contribution >= 4 is 0 Å². The first-order valence-electron chi connectivity index (χ1n) is 7.34. The predicted octanol–water partition coefficient (Wildman–Crippen LogP) is 2.82. The highest BCUT2D eigenvalue weighted by molar-refractivity contribution is 5.47. The molecule has 0 spiro atoms. The van der Waals surface area contributed by atoms with Gasteiger partial charge in [-0.3, -0.25) is 0 Å². The number of hydrogen-bond acceptors (Lipinski definition) is 3. The van der Waals surface area contributed by atoms with Gasteiger partial charge in [-0.25, -0.2) is 0 Å². The average Bonchev–Trinajstić information content (AvgIpc) is 2.54. The summed E-state index contributed by atoms with van der Waals surface area (Å²) in [5, 5.41) is 9.02. The third kappa shape index (κ3) is 4.36. The molecule has 2 aromatic carbocycles. The van der Waals surface area contributed by atoms with Crippen molar-refractivity contribution in [1.82, 2.24) is 0 Å². The second kappa shape index (κ2) is 7.65. The fourth-order valence-corrected chi connectivity index (χ4v) is 2.02. The van der Waals surface area contributed by atoms with Crippen LogP contribution in [0.5, 0.6) is 5.75 Å². The largest absolute Gasteiger partial charge is 0.491 e. The minimum Gasteiger partial charge on any atom is -0.491 e. The van der Waals surface area contributed by atoms with Crippen LogP contribution in [0.4, 0.5) is 0 Å². The predicted molar refractivity (Wildman–Crippen MR) is 88.4 cm³/mol. The van der Waals surface area contributed by atoms with Crippen molar-refractivity contribution < 1.29 is 9.84 Å². The summed E-state index contributed by atoms with van der Waals surface area (Å²) < 4.78 is 5.73. The first kappa shape index (κ1) is 16.1. The van der Waals surface area contributed by atoms with Crippen LogP contribution in [0, 0.1) is 11.8 Å². The summed E-state index contributed by atoms with van der Waals surface area (Å²) in [5.74, 6) is 7.06. The molecule has 3 N–H and O–H groups in total. The normalized spacial score (nSPS) is 10.2. The van der Waals surface area contributed by atoms with Gasteiger partial charge in [0.15, 0.2) is 0 Å². The standard InChI is InChI=1S/C19H21NO2/c1-14(2)22-19-10-9-16(11-18(19)12-20)6-3-15-4-7-17(13-21)8-5-15/h4-5,7-11,14,21H,12-13,20H2,1-2H3. The van der Waals surface area contributed by atoms with Gasteiger partial charge in [0.1, 0.15) is 5.75 Å². The lowest BCUT2D eigenvalue weighted by atomic mass is 10.1. The average molecular weight is 295 g/mol. The van der Waals surface area contributed by atoms with Crippen LogP contribution in [-0.4, -0.2) is 11.2 Å². The lowest BCUT2D eigenvalue weighted by Crippen LogP contribution is -2.09. The Morgan fingerprint density at radius 1 is 1.05 bits per heavy atom. The van der Waals surface area contributed by atoms with E-state index in [0.29, 0.717) is 6.54 Å². The maximum Gasteiger partial charge on any atom is 0.124 e. The Labute approximate surface area is 131 Å². The Hall–Kier alpha value is -2.28. The topological polar surface area (TPSA) is 55.5 Å². The van der Waals surface area contributed by atoms with Crippen molar-refractivity contribution in [1.29, 1.82) is 0 Å². The first-order valence-corrected chi connectivity index (χ1v) is 7.34. The molecule has 0 bridgehead atoms. The summed E-state index contributed by atoms with van der Waals surface area (Å²) in [5.41, 5.74) is 9.43. The highest BCUT2D eigenvalue weighted by atomic mass is 16.5. The van der Waals surface area contributed by atoms with Crippen molar-refractivity contribution in [2.45, 2.75) is 33.1 Å². The molecule has 0 radical (unpaired) electrons. The molecule has 0 aliphatic heterocycles. The van der Waals surface area contributed by atoms with E-state index in [1.54, 1.807) is 0 Å². The van der Waals surface area contributed by atoms with Crippen LogP contribution in [-0.2, 0) is 13.2 Å². The summed E-state index contributed by atoms with van der Waals surface area (Å²) in [6, 6.07) is 13.4. The van der Waals surface area contributed by atoms with E-state index in [1.165, 1.54) is 0 Å². The van der Waals surface area contributed by atoms with E-state index < -0.39 is 0 Å². The van der Waals surface area contributed by atoms with E-state index in [1.807, 2.05) is 56.3 Å². The van der Waals surface area contributed by atoms with Crippen LogP contribution < -0.4 is 10.5 Å². The van der Waals surface area contributed by atoms with Crippen molar-refractivity contribution in [3.8, 4) is 17.6 Å². The van der Waals surface area contributed by atoms with E-state index in [4.69, 9.17) is 15.6 Å². The number of benzene rings is 2. The lowest BCUT2D eigenvalue weighted by Gasteiger charge is -2.13. The Balaban J connectivity index is 2.21. The number of rotatable bonds is 4. The highest BCUT2D eigenvalue weighted by Gasteiger charge is 2.04. The summed E-state index contributed by atoms with van der Waals surface area (Å²) in [6.45, 7) is 4.45. The van der Waals surface area contributed by atoms with Crippen LogP contribution in [0.2, 0.25) is 0 Å². The molecular weight excluding hydrogens is 274 g/mol. The fraction of sp³-hybridized carbons (Fsp3) is 0.263. The van der Waals surface area contributed by atoms with Crippen molar-refractivity contribution in [2.24, 2.45) is 5.73 Å². The molecule has 0 saturated heterocycles. The Kier molecular flexibility index (Phi) is 5.60. The van der Waals surface area contributed by atoms with E-state index in [-0.39, 0.29) is 12.7 Å². The molecule has 0 fully saturated rings. The molecule has 0 aliphatic carbocycles. The molecule has 0 amide bonds. The SMILES string of the molecule is CC(C)Oc1ccc(C#Cc2ccc(CO)cc2)cc1CN.